The van der Waals surface area contributed by atoms with E-state index in [2.05, 4.69) is 4.98 Å². The second kappa shape index (κ2) is 9.97. The number of anilines is 1. The van der Waals surface area contributed by atoms with E-state index in [4.69, 9.17) is 10.7 Å². The third-order valence-electron chi connectivity index (χ3n) is 8.68. The van der Waals surface area contributed by atoms with Crippen LogP contribution in [0, 0.1) is 5.92 Å². The molecule has 0 radical (unpaired) electrons. The van der Waals surface area contributed by atoms with Crippen LogP contribution in [-0.4, -0.2) is 49.0 Å². The van der Waals surface area contributed by atoms with Crippen molar-refractivity contribution in [2.75, 3.05) is 12.3 Å². The molecular weight excluding hydrogens is 576 g/mol. The zero-order valence-corrected chi connectivity index (χ0v) is 22.8. The third-order valence-corrected chi connectivity index (χ3v) is 8.68. The number of halogens is 6. The molecule has 4 aromatic rings. The van der Waals surface area contributed by atoms with Crippen LogP contribution in [0.25, 0.3) is 16.8 Å². The lowest BCUT2D eigenvalue weighted by atomic mass is 9.86. The van der Waals surface area contributed by atoms with Gasteiger partial charge < -0.3 is 15.7 Å². The maximum Gasteiger partial charge on any atom is 0.416 e. The number of fused-ring (bicyclic) bond motifs is 2. The lowest BCUT2D eigenvalue weighted by Gasteiger charge is -2.37. The quantitative estimate of drug-likeness (QED) is 0.283. The molecule has 2 aliphatic heterocycles. The van der Waals surface area contributed by atoms with Gasteiger partial charge in [0, 0.05) is 42.9 Å². The highest BCUT2D eigenvalue weighted by molar-refractivity contribution is 5.85. The summed E-state index contributed by atoms with van der Waals surface area (Å²) < 4.78 is 82.2. The van der Waals surface area contributed by atoms with Crippen LogP contribution in [0.1, 0.15) is 54.6 Å². The van der Waals surface area contributed by atoms with Crippen LogP contribution in [0.3, 0.4) is 0 Å². The smallest absolute Gasteiger partial charge is 0.382 e. The molecule has 13 heteroatoms. The molecule has 0 aliphatic carbocycles. The van der Waals surface area contributed by atoms with Crippen LogP contribution < -0.4 is 5.73 Å². The van der Waals surface area contributed by atoms with E-state index >= 15 is 0 Å². The highest BCUT2D eigenvalue weighted by Gasteiger charge is 2.55. The van der Waals surface area contributed by atoms with Crippen LogP contribution in [0.15, 0.2) is 60.9 Å². The van der Waals surface area contributed by atoms with Crippen LogP contribution in [0.4, 0.5) is 32.2 Å². The number of carbonyl (C=O) groups excluding carboxylic acids is 1. The van der Waals surface area contributed by atoms with Crippen LogP contribution in [-0.2, 0) is 16.6 Å². The summed E-state index contributed by atoms with van der Waals surface area (Å²) in [5, 5.41) is 11.2. The Bertz CT molecular complexity index is 1700. The summed E-state index contributed by atoms with van der Waals surface area (Å²) in [5.41, 5.74) is 5.53. The average molecular weight is 604 g/mol. The SMILES string of the molecule is C[C@@](O)(c1ccc(-c2nc([C@@H]3CC[C@@H]4[C@@H](C(F)(F)F)CC(=O)N4C3)n3ccnc(N)c23)cc1)c1cccc(C(F)(F)F)c1. The minimum absolute atomic E-state index is 0.0677. The fourth-order valence-electron chi connectivity index (χ4n) is 6.38. The van der Waals surface area contributed by atoms with Crippen LogP contribution in [0.2, 0.25) is 0 Å². The van der Waals surface area contributed by atoms with Crippen molar-refractivity contribution in [1.82, 2.24) is 19.3 Å². The Hall–Kier alpha value is -4.13. The predicted molar refractivity (Wildman–Crippen MR) is 145 cm³/mol. The number of alkyl halides is 6. The van der Waals surface area contributed by atoms with Gasteiger partial charge in [0.2, 0.25) is 5.91 Å². The first kappa shape index (κ1) is 29.0. The Morgan fingerprint density at radius 1 is 0.977 bits per heavy atom. The van der Waals surface area contributed by atoms with Crippen molar-refractivity contribution in [2.24, 2.45) is 5.92 Å². The molecule has 1 amide bonds. The molecule has 43 heavy (non-hydrogen) atoms. The average Bonchev–Trinajstić information content (AvgIpc) is 3.52. The molecule has 0 spiro atoms. The topological polar surface area (TPSA) is 96.8 Å². The number of nitrogen functional groups attached to an aromatic ring is 1. The lowest BCUT2D eigenvalue weighted by molar-refractivity contribution is -0.182. The Balaban J connectivity index is 1.33. The molecule has 0 bridgehead atoms. The van der Waals surface area contributed by atoms with E-state index in [0.29, 0.717) is 34.6 Å². The molecule has 2 aromatic carbocycles. The van der Waals surface area contributed by atoms with Gasteiger partial charge in [0.15, 0.2) is 0 Å². The largest absolute Gasteiger partial charge is 0.416 e. The molecular formula is C30H27F6N5O2. The zero-order chi connectivity index (χ0) is 30.9. The summed E-state index contributed by atoms with van der Waals surface area (Å²) in [6, 6.07) is 10.1. The van der Waals surface area contributed by atoms with E-state index < -0.39 is 47.8 Å². The molecule has 2 aliphatic rings. The summed E-state index contributed by atoms with van der Waals surface area (Å²) >= 11 is 0. The van der Waals surface area contributed by atoms with Gasteiger partial charge in [-0.1, -0.05) is 36.4 Å². The van der Waals surface area contributed by atoms with Gasteiger partial charge >= 0.3 is 12.4 Å². The number of carbonyl (C=O) groups is 1. The number of nitrogens with zero attached hydrogens (tertiary/aromatic N) is 4. The number of piperidine rings is 1. The number of hydrogen-bond acceptors (Lipinski definition) is 5. The molecule has 226 valence electrons. The summed E-state index contributed by atoms with van der Waals surface area (Å²) in [6.45, 7) is 1.50. The summed E-state index contributed by atoms with van der Waals surface area (Å²) in [7, 11) is 0. The highest BCUT2D eigenvalue weighted by Crippen LogP contribution is 2.45. The second-order valence-electron chi connectivity index (χ2n) is 11.3. The third kappa shape index (κ3) is 4.98. The van der Waals surface area contributed by atoms with Crippen molar-refractivity contribution >= 4 is 17.2 Å². The van der Waals surface area contributed by atoms with E-state index in [9.17, 15) is 36.2 Å². The molecule has 4 atom stereocenters. The summed E-state index contributed by atoms with van der Waals surface area (Å²) in [5.74, 6) is -1.86. The van der Waals surface area contributed by atoms with Crippen LogP contribution in [0.5, 0.6) is 0 Å². The fourth-order valence-corrected chi connectivity index (χ4v) is 6.38. The number of nitrogens with two attached hydrogens (primary N) is 1. The molecule has 4 heterocycles. The molecule has 6 rings (SSSR count). The first-order chi connectivity index (χ1) is 20.2. The number of aliphatic hydroxyl groups is 1. The molecule has 0 unspecified atom stereocenters. The molecule has 2 saturated heterocycles. The number of imidazole rings is 1. The van der Waals surface area contributed by atoms with Gasteiger partial charge in [-0.25, -0.2) is 9.97 Å². The van der Waals surface area contributed by atoms with Gasteiger partial charge in [-0.3, -0.25) is 9.20 Å². The van der Waals surface area contributed by atoms with Crippen molar-refractivity contribution < 1.29 is 36.2 Å². The number of rotatable bonds is 4. The predicted octanol–water partition coefficient (Wildman–Crippen LogP) is 5.91. The van der Waals surface area contributed by atoms with Crippen LogP contribution >= 0.6 is 0 Å². The summed E-state index contributed by atoms with van der Waals surface area (Å²) in [6.07, 6.45) is -5.86. The molecule has 7 nitrogen and oxygen atoms in total. The molecule has 2 aromatic heterocycles. The monoisotopic (exact) mass is 603 g/mol. The summed E-state index contributed by atoms with van der Waals surface area (Å²) in [4.78, 5) is 22.9. The number of amides is 1. The lowest BCUT2D eigenvalue weighted by Crippen LogP contribution is -2.45. The van der Waals surface area contributed by atoms with Crippen molar-refractivity contribution in [3.8, 4) is 11.3 Å². The van der Waals surface area contributed by atoms with Gasteiger partial charge in [0.1, 0.15) is 28.5 Å². The van der Waals surface area contributed by atoms with Crippen molar-refractivity contribution in [1.29, 1.82) is 0 Å². The van der Waals surface area contributed by atoms with Gasteiger partial charge in [-0.15, -0.1) is 0 Å². The van der Waals surface area contributed by atoms with Crippen molar-refractivity contribution in [3.05, 3.63) is 83.4 Å². The second-order valence-corrected chi connectivity index (χ2v) is 11.3. The molecule has 3 N–H and O–H groups in total. The van der Waals surface area contributed by atoms with Crippen molar-refractivity contribution in [2.45, 2.75) is 56.1 Å². The van der Waals surface area contributed by atoms with E-state index in [1.165, 1.54) is 30.2 Å². The Kier molecular flexibility index (Phi) is 6.71. The minimum Gasteiger partial charge on any atom is -0.382 e. The maximum absolute atomic E-state index is 13.6. The van der Waals surface area contributed by atoms with Gasteiger partial charge in [-0.2, -0.15) is 26.3 Å². The Morgan fingerprint density at radius 3 is 2.35 bits per heavy atom. The first-order valence-electron chi connectivity index (χ1n) is 13.7. The number of benzene rings is 2. The Labute approximate surface area is 242 Å². The van der Waals surface area contributed by atoms with E-state index in [0.717, 1.165) is 12.1 Å². The Morgan fingerprint density at radius 2 is 1.67 bits per heavy atom. The fraction of sp³-hybridized carbons (Fsp3) is 0.367. The van der Waals surface area contributed by atoms with E-state index in [1.807, 2.05) is 0 Å². The first-order valence-corrected chi connectivity index (χ1v) is 13.7. The van der Waals surface area contributed by atoms with Crippen molar-refractivity contribution in [3.63, 3.8) is 0 Å². The molecule has 0 saturated carbocycles. The normalized spacial score (nSPS) is 22.6. The number of hydrogen-bond donors (Lipinski definition) is 2. The standard InChI is InChI=1S/C30H27F6N5O2/c1-28(43,19-3-2-4-20(13-19)29(31,32)33)18-8-5-16(6-9-18)24-25-26(37)38-11-12-40(25)27(39-24)17-7-10-22-21(30(34,35)36)14-23(42)41(22)15-17/h2-6,8-9,11-13,17,21-22,43H,7,10,14-15H2,1H3,(H2,37,38)/t17-,21+,22-,28-/m1/s1. The van der Waals surface area contributed by atoms with Gasteiger partial charge in [0.05, 0.1) is 11.5 Å². The minimum atomic E-state index is -4.56. The van der Waals surface area contributed by atoms with E-state index in [1.54, 1.807) is 34.9 Å². The number of aromatic nitrogens is 3. The molecule has 2 fully saturated rings. The zero-order valence-electron chi connectivity index (χ0n) is 22.8. The maximum atomic E-state index is 13.6. The van der Waals surface area contributed by atoms with Gasteiger partial charge in [-0.05, 0) is 43.0 Å². The highest BCUT2D eigenvalue weighted by atomic mass is 19.4. The van der Waals surface area contributed by atoms with E-state index in [-0.39, 0.29) is 30.3 Å². The van der Waals surface area contributed by atoms with Gasteiger partial charge in [0.25, 0.3) is 0 Å².